The minimum Gasteiger partial charge on any atom is -0.364 e. The average molecular weight is 473 g/mol. The third kappa shape index (κ3) is 4.83. The molecule has 2 aromatic heterocycles. The van der Waals surface area contributed by atoms with Gasteiger partial charge < -0.3 is 5.32 Å². The van der Waals surface area contributed by atoms with E-state index < -0.39 is 10.0 Å². The minimum atomic E-state index is -3.47. The maximum absolute atomic E-state index is 12.2. The van der Waals surface area contributed by atoms with Crippen LogP contribution in [-0.4, -0.2) is 42.0 Å². The molecule has 0 aliphatic rings. The van der Waals surface area contributed by atoms with Gasteiger partial charge in [0.2, 0.25) is 10.0 Å². The number of anilines is 1. The van der Waals surface area contributed by atoms with Gasteiger partial charge in [-0.25, -0.2) is 17.7 Å². The van der Waals surface area contributed by atoms with E-state index >= 15 is 0 Å². The summed E-state index contributed by atoms with van der Waals surface area (Å²) in [5.41, 5.74) is 6.13. The predicted molar refractivity (Wildman–Crippen MR) is 131 cm³/mol. The normalized spacial score (nSPS) is 11.4. The molecule has 0 aliphatic carbocycles. The van der Waals surface area contributed by atoms with E-state index in [-0.39, 0.29) is 4.90 Å². The Balaban J connectivity index is 1.46. The highest BCUT2D eigenvalue weighted by Crippen LogP contribution is 2.26. The van der Waals surface area contributed by atoms with Crippen LogP contribution in [0.2, 0.25) is 0 Å². The maximum atomic E-state index is 12.2. The second kappa shape index (κ2) is 9.47. The first-order valence-electron chi connectivity index (χ1n) is 10.6. The van der Waals surface area contributed by atoms with Gasteiger partial charge in [0.1, 0.15) is 5.82 Å². The van der Waals surface area contributed by atoms with E-state index in [0.717, 1.165) is 39.5 Å². The van der Waals surface area contributed by atoms with Gasteiger partial charge in [0, 0.05) is 25.9 Å². The zero-order chi connectivity index (χ0) is 24.3. The predicted octanol–water partition coefficient (Wildman–Crippen LogP) is 4.18. The average Bonchev–Trinajstić information content (AvgIpc) is 3.32. The summed E-state index contributed by atoms with van der Waals surface area (Å²) in [5.74, 6) is 0.718. The largest absolute Gasteiger partial charge is 0.364 e. The summed E-state index contributed by atoms with van der Waals surface area (Å²) in [6, 6.07) is 20.3. The highest BCUT2D eigenvalue weighted by molar-refractivity contribution is 7.89. The molecule has 0 amide bonds. The first kappa shape index (κ1) is 23.2. The molecule has 9 heteroatoms. The van der Waals surface area contributed by atoms with E-state index in [1.165, 1.54) is 18.4 Å². The number of H-pyrrole nitrogens is 1. The second-order valence-electron chi connectivity index (χ2n) is 8.02. The topological polar surface area (TPSA) is 115 Å². The molecule has 34 heavy (non-hydrogen) atoms. The van der Waals surface area contributed by atoms with Gasteiger partial charge in [-0.2, -0.15) is 10.4 Å². The van der Waals surface area contributed by atoms with Crippen molar-refractivity contribution in [3.05, 3.63) is 83.7 Å². The van der Waals surface area contributed by atoms with Crippen LogP contribution in [0.1, 0.15) is 16.8 Å². The van der Waals surface area contributed by atoms with E-state index in [0.29, 0.717) is 12.1 Å². The summed E-state index contributed by atoms with van der Waals surface area (Å²) in [4.78, 5) is 4.63. The van der Waals surface area contributed by atoms with Crippen molar-refractivity contribution in [2.24, 2.45) is 0 Å². The van der Waals surface area contributed by atoms with Crippen LogP contribution < -0.4 is 5.32 Å². The summed E-state index contributed by atoms with van der Waals surface area (Å²) >= 11 is 0. The van der Waals surface area contributed by atoms with E-state index in [1.807, 2.05) is 43.3 Å². The van der Waals surface area contributed by atoms with Crippen LogP contribution >= 0.6 is 0 Å². The molecule has 0 unspecified atom stereocenters. The lowest BCUT2D eigenvalue weighted by molar-refractivity contribution is 0.521. The van der Waals surface area contributed by atoms with Crippen molar-refractivity contribution in [3.8, 4) is 28.5 Å². The van der Waals surface area contributed by atoms with Crippen LogP contribution in [0.5, 0.6) is 0 Å². The molecule has 0 spiro atoms. The van der Waals surface area contributed by atoms with Gasteiger partial charge in [-0.05, 0) is 66.1 Å². The van der Waals surface area contributed by atoms with Gasteiger partial charge in [0.25, 0.3) is 0 Å². The Hall–Kier alpha value is -4.00. The van der Waals surface area contributed by atoms with Gasteiger partial charge in [0.05, 0.1) is 34.5 Å². The number of benzene rings is 2. The lowest BCUT2D eigenvalue weighted by atomic mass is 9.99. The Labute approximate surface area is 199 Å². The molecule has 8 nitrogen and oxygen atoms in total. The van der Waals surface area contributed by atoms with Crippen molar-refractivity contribution in [3.63, 3.8) is 0 Å². The second-order valence-corrected chi connectivity index (χ2v) is 10.2. The molecule has 0 bridgehead atoms. The fourth-order valence-electron chi connectivity index (χ4n) is 3.55. The van der Waals surface area contributed by atoms with Gasteiger partial charge in [-0.1, -0.05) is 18.2 Å². The smallest absolute Gasteiger partial charge is 0.242 e. The van der Waals surface area contributed by atoms with Gasteiger partial charge >= 0.3 is 0 Å². The van der Waals surface area contributed by atoms with Crippen molar-refractivity contribution < 1.29 is 8.42 Å². The molecule has 2 aromatic carbocycles. The van der Waals surface area contributed by atoms with E-state index in [4.69, 9.17) is 5.26 Å². The van der Waals surface area contributed by atoms with Crippen LogP contribution in [0.4, 0.5) is 5.82 Å². The Morgan fingerprint density at radius 2 is 1.79 bits per heavy atom. The fraction of sp³-hybridized carbons (Fsp3) is 0.160. The Morgan fingerprint density at radius 3 is 2.47 bits per heavy atom. The monoisotopic (exact) mass is 472 g/mol. The number of aryl methyl sites for hydroxylation is 1. The molecule has 2 N–H and O–H groups in total. The van der Waals surface area contributed by atoms with Crippen molar-refractivity contribution >= 4 is 15.8 Å². The standard InChI is InChI=1S/C25H24N6O2S/c1-17-12-18(15-26)4-9-23(17)20-10-11-27-25(13-20)28-16-21-14-24(30-29-21)19-5-7-22(8-6-19)34(32,33)31(2)3/h4-14H,16H2,1-3H3,(H,27,28)(H,29,30). The summed E-state index contributed by atoms with van der Waals surface area (Å²) in [6.07, 6.45) is 1.75. The third-order valence-corrected chi connectivity index (χ3v) is 7.28. The lowest BCUT2D eigenvalue weighted by Gasteiger charge is -2.11. The Bertz CT molecular complexity index is 1470. The first-order chi connectivity index (χ1) is 16.3. The number of hydrogen-bond donors (Lipinski definition) is 2. The number of pyridine rings is 1. The molecular weight excluding hydrogens is 448 g/mol. The van der Waals surface area contributed by atoms with Crippen molar-refractivity contribution in [2.75, 3.05) is 19.4 Å². The number of aromatic nitrogens is 3. The number of rotatable bonds is 7. The van der Waals surface area contributed by atoms with Crippen LogP contribution in [0.25, 0.3) is 22.4 Å². The summed E-state index contributed by atoms with van der Waals surface area (Å²) in [7, 11) is -0.453. The number of aromatic amines is 1. The number of nitrogens with one attached hydrogen (secondary N) is 2. The number of sulfonamides is 1. The van der Waals surface area contributed by atoms with E-state index in [2.05, 4.69) is 26.6 Å². The number of hydrogen-bond acceptors (Lipinski definition) is 6. The molecule has 0 saturated heterocycles. The molecule has 0 fully saturated rings. The molecule has 172 valence electrons. The zero-order valence-electron chi connectivity index (χ0n) is 19.1. The molecular formula is C25H24N6O2S. The Kier molecular flexibility index (Phi) is 6.45. The Morgan fingerprint density at radius 1 is 1.03 bits per heavy atom. The molecule has 2 heterocycles. The fourth-order valence-corrected chi connectivity index (χ4v) is 4.45. The highest BCUT2D eigenvalue weighted by atomic mass is 32.2. The maximum Gasteiger partial charge on any atom is 0.242 e. The van der Waals surface area contributed by atoms with E-state index in [1.54, 1.807) is 30.5 Å². The van der Waals surface area contributed by atoms with Gasteiger partial charge in [0.15, 0.2) is 0 Å². The van der Waals surface area contributed by atoms with E-state index in [9.17, 15) is 8.42 Å². The van der Waals surface area contributed by atoms with Crippen LogP contribution in [-0.2, 0) is 16.6 Å². The van der Waals surface area contributed by atoms with Crippen molar-refractivity contribution in [2.45, 2.75) is 18.4 Å². The first-order valence-corrected chi connectivity index (χ1v) is 12.0. The third-order valence-electron chi connectivity index (χ3n) is 5.45. The van der Waals surface area contributed by atoms with Crippen molar-refractivity contribution in [1.29, 1.82) is 5.26 Å². The number of nitrogens with zero attached hydrogens (tertiary/aromatic N) is 4. The van der Waals surface area contributed by atoms with Gasteiger partial charge in [-0.3, -0.25) is 5.10 Å². The molecule has 4 aromatic rings. The lowest BCUT2D eigenvalue weighted by Crippen LogP contribution is -2.22. The minimum absolute atomic E-state index is 0.238. The highest BCUT2D eigenvalue weighted by Gasteiger charge is 2.17. The SMILES string of the molecule is Cc1cc(C#N)ccc1-c1ccnc(NCc2cc(-c3ccc(S(=O)(=O)N(C)C)cc3)n[nH]2)c1. The molecule has 0 saturated carbocycles. The summed E-state index contributed by atoms with van der Waals surface area (Å²) < 4.78 is 25.7. The van der Waals surface area contributed by atoms with Crippen molar-refractivity contribution in [1.82, 2.24) is 19.5 Å². The molecule has 0 atom stereocenters. The summed E-state index contributed by atoms with van der Waals surface area (Å²) in [6.45, 7) is 2.47. The molecule has 0 radical (unpaired) electrons. The number of nitriles is 1. The van der Waals surface area contributed by atoms with Crippen LogP contribution in [0.15, 0.2) is 71.8 Å². The van der Waals surface area contributed by atoms with Crippen LogP contribution in [0, 0.1) is 18.3 Å². The summed E-state index contributed by atoms with van der Waals surface area (Å²) in [5, 5.41) is 19.7. The molecule has 0 aliphatic heterocycles. The zero-order valence-corrected chi connectivity index (χ0v) is 19.9. The van der Waals surface area contributed by atoms with Gasteiger partial charge in [-0.15, -0.1) is 0 Å². The molecule has 4 rings (SSSR count). The van der Waals surface area contributed by atoms with Crippen LogP contribution in [0.3, 0.4) is 0 Å². The quantitative estimate of drug-likeness (QED) is 0.417.